The molecule has 0 aromatic carbocycles. The second-order valence-corrected chi connectivity index (χ2v) is 6.18. The first kappa shape index (κ1) is 19.3. The van der Waals surface area contributed by atoms with Crippen LogP contribution in [0.25, 0.3) is 0 Å². The first-order valence-electron chi connectivity index (χ1n) is 8.00. The number of alkyl halides is 5. The van der Waals surface area contributed by atoms with E-state index in [1.165, 1.54) is 13.2 Å². The molecule has 2 aromatic rings. The third-order valence-corrected chi connectivity index (χ3v) is 4.34. The van der Waals surface area contributed by atoms with Crippen molar-refractivity contribution in [2.24, 2.45) is 0 Å². The van der Waals surface area contributed by atoms with Crippen LogP contribution >= 0.6 is 0 Å². The number of anilines is 3. The summed E-state index contributed by atoms with van der Waals surface area (Å²) in [7, 11) is 1.32. The third-order valence-electron chi connectivity index (χ3n) is 4.34. The fraction of sp³-hybridized carbons (Fsp3) is 0.533. The standard InChI is InChI=1S/C15H17F5N6O/c1-8-10(6-23-26(8)14(3-4-14)7-27-12(16)17)24-13-22-5-9(15(18,19)20)11(21-2)25-13/h5-6,12H,3-4,7H2,1-2H3,(H2,21,22,24,25). The minimum absolute atomic E-state index is 0.0522. The molecule has 0 saturated heterocycles. The van der Waals surface area contributed by atoms with Crippen molar-refractivity contribution in [1.82, 2.24) is 19.7 Å². The van der Waals surface area contributed by atoms with Gasteiger partial charge in [0.2, 0.25) is 5.95 Å². The molecule has 0 spiro atoms. The van der Waals surface area contributed by atoms with Crippen LogP contribution in [0, 0.1) is 6.92 Å². The normalized spacial score (nSPS) is 15.9. The van der Waals surface area contributed by atoms with Gasteiger partial charge < -0.3 is 15.4 Å². The molecule has 27 heavy (non-hydrogen) atoms. The summed E-state index contributed by atoms with van der Waals surface area (Å²) in [5.41, 5.74) is -0.540. The molecule has 1 fully saturated rings. The molecule has 1 aliphatic carbocycles. The van der Waals surface area contributed by atoms with E-state index in [0.29, 0.717) is 30.4 Å². The second kappa shape index (κ2) is 6.91. The summed E-state index contributed by atoms with van der Waals surface area (Å²) in [5.74, 6) is -0.419. The van der Waals surface area contributed by atoms with Crippen LogP contribution in [0.2, 0.25) is 0 Å². The SMILES string of the molecule is CNc1nc(Nc2cnn(C3(COC(F)F)CC3)c2C)ncc1C(F)(F)F. The first-order chi connectivity index (χ1) is 12.7. The fourth-order valence-electron chi connectivity index (χ4n) is 2.75. The van der Waals surface area contributed by atoms with E-state index in [4.69, 9.17) is 0 Å². The number of nitrogens with zero attached hydrogens (tertiary/aromatic N) is 4. The molecule has 0 atom stereocenters. The summed E-state index contributed by atoms with van der Waals surface area (Å²) in [6, 6.07) is 0. The van der Waals surface area contributed by atoms with Crippen LogP contribution in [0.1, 0.15) is 24.1 Å². The number of ether oxygens (including phenoxy) is 1. The molecule has 0 bridgehead atoms. The van der Waals surface area contributed by atoms with Gasteiger partial charge in [-0.1, -0.05) is 0 Å². The van der Waals surface area contributed by atoms with Gasteiger partial charge in [0.1, 0.15) is 11.4 Å². The Balaban J connectivity index is 1.81. The summed E-state index contributed by atoms with van der Waals surface area (Å²) in [5, 5.41) is 9.40. The van der Waals surface area contributed by atoms with E-state index in [9.17, 15) is 22.0 Å². The molecule has 7 nitrogen and oxygen atoms in total. The number of halogens is 5. The molecule has 0 amide bonds. The molecule has 1 saturated carbocycles. The van der Waals surface area contributed by atoms with Crippen LogP contribution in [0.3, 0.4) is 0 Å². The number of rotatable bonds is 7. The molecule has 2 heterocycles. The number of hydrogen-bond donors (Lipinski definition) is 2. The lowest BCUT2D eigenvalue weighted by Crippen LogP contribution is -2.27. The van der Waals surface area contributed by atoms with E-state index < -0.39 is 23.9 Å². The molecule has 12 heteroatoms. The predicted octanol–water partition coefficient (Wildman–Crippen LogP) is 3.51. The summed E-state index contributed by atoms with van der Waals surface area (Å²) in [6.07, 6.45) is -1.18. The van der Waals surface area contributed by atoms with Gasteiger partial charge in [0.25, 0.3) is 0 Å². The Morgan fingerprint density at radius 3 is 2.56 bits per heavy atom. The quantitative estimate of drug-likeness (QED) is 0.703. The Morgan fingerprint density at radius 1 is 1.30 bits per heavy atom. The maximum atomic E-state index is 12.9. The van der Waals surface area contributed by atoms with E-state index in [2.05, 4.69) is 30.4 Å². The Kier molecular flexibility index (Phi) is 4.93. The Morgan fingerprint density at radius 2 is 2.00 bits per heavy atom. The highest BCUT2D eigenvalue weighted by Gasteiger charge is 2.47. The van der Waals surface area contributed by atoms with Crippen molar-refractivity contribution in [1.29, 1.82) is 0 Å². The number of nitrogens with one attached hydrogen (secondary N) is 2. The van der Waals surface area contributed by atoms with Crippen LogP contribution < -0.4 is 10.6 Å². The summed E-state index contributed by atoms with van der Waals surface area (Å²) < 4.78 is 69.4. The van der Waals surface area contributed by atoms with Crippen molar-refractivity contribution < 1.29 is 26.7 Å². The van der Waals surface area contributed by atoms with Crippen LogP contribution in [0.5, 0.6) is 0 Å². The van der Waals surface area contributed by atoms with Crippen LogP contribution in [-0.4, -0.2) is 40.0 Å². The molecule has 0 aliphatic heterocycles. The van der Waals surface area contributed by atoms with Crippen LogP contribution in [0.15, 0.2) is 12.4 Å². The highest BCUT2D eigenvalue weighted by Crippen LogP contribution is 2.45. The molecular formula is C15H17F5N6O. The van der Waals surface area contributed by atoms with Crippen LogP contribution in [0.4, 0.5) is 39.4 Å². The van der Waals surface area contributed by atoms with E-state index in [1.54, 1.807) is 11.6 Å². The zero-order valence-corrected chi connectivity index (χ0v) is 14.4. The molecule has 1 aliphatic rings. The van der Waals surface area contributed by atoms with Crippen molar-refractivity contribution in [3.8, 4) is 0 Å². The molecule has 0 radical (unpaired) electrons. The fourth-order valence-corrected chi connectivity index (χ4v) is 2.75. The highest BCUT2D eigenvalue weighted by molar-refractivity contribution is 5.58. The van der Waals surface area contributed by atoms with E-state index in [1.807, 2.05) is 0 Å². The van der Waals surface area contributed by atoms with Crippen LogP contribution in [-0.2, 0) is 16.5 Å². The lowest BCUT2D eigenvalue weighted by atomic mass is 10.2. The molecule has 0 unspecified atom stereocenters. The molecule has 2 aromatic heterocycles. The van der Waals surface area contributed by atoms with Crippen molar-refractivity contribution in [2.45, 2.75) is 38.1 Å². The summed E-state index contributed by atoms with van der Waals surface area (Å²) in [6.45, 7) is -1.33. The number of hydrogen-bond acceptors (Lipinski definition) is 6. The monoisotopic (exact) mass is 392 g/mol. The zero-order chi connectivity index (χ0) is 19.8. The topological polar surface area (TPSA) is 76.9 Å². The molecule has 2 N–H and O–H groups in total. The van der Waals surface area contributed by atoms with Crippen molar-refractivity contribution in [3.63, 3.8) is 0 Å². The van der Waals surface area contributed by atoms with Crippen molar-refractivity contribution >= 4 is 17.5 Å². The van der Waals surface area contributed by atoms with Gasteiger partial charge in [-0.05, 0) is 19.8 Å². The lowest BCUT2D eigenvalue weighted by Gasteiger charge is -2.18. The van der Waals surface area contributed by atoms with Crippen molar-refractivity contribution in [3.05, 3.63) is 23.7 Å². The Bertz CT molecular complexity index is 818. The van der Waals surface area contributed by atoms with Gasteiger partial charge in [-0.2, -0.15) is 32.0 Å². The summed E-state index contributed by atoms with van der Waals surface area (Å²) >= 11 is 0. The van der Waals surface area contributed by atoms with Gasteiger partial charge in [0.15, 0.2) is 0 Å². The molecule has 3 rings (SSSR count). The lowest BCUT2D eigenvalue weighted by molar-refractivity contribution is -0.140. The third kappa shape index (κ3) is 3.94. The van der Waals surface area contributed by atoms with Gasteiger partial charge in [0, 0.05) is 13.2 Å². The molecule has 148 valence electrons. The van der Waals surface area contributed by atoms with E-state index >= 15 is 0 Å². The largest absolute Gasteiger partial charge is 0.421 e. The van der Waals surface area contributed by atoms with Gasteiger partial charge in [-0.25, -0.2) is 4.98 Å². The van der Waals surface area contributed by atoms with E-state index in [0.717, 1.165) is 0 Å². The smallest absolute Gasteiger partial charge is 0.372 e. The molecular weight excluding hydrogens is 375 g/mol. The Hall–Kier alpha value is -2.50. The number of aromatic nitrogens is 4. The maximum absolute atomic E-state index is 12.9. The summed E-state index contributed by atoms with van der Waals surface area (Å²) in [4.78, 5) is 7.52. The van der Waals surface area contributed by atoms with Gasteiger partial charge >= 0.3 is 12.8 Å². The minimum atomic E-state index is -4.58. The average Bonchev–Trinajstić information content (AvgIpc) is 3.30. The first-order valence-corrected chi connectivity index (χ1v) is 8.00. The van der Waals surface area contributed by atoms with E-state index in [-0.39, 0.29) is 18.4 Å². The highest BCUT2D eigenvalue weighted by atomic mass is 19.4. The average molecular weight is 392 g/mol. The van der Waals surface area contributed by atoms with Gasteiger partial charge in [-0.15, -0.1) is 0 Å². The zero-order valence-electron chi connectivity index (χ0n) is 14.4. The Labute approximate surface area is 150 Å². The van der Waals surface area contributed by atoms with Gasteiger partial charge in [-0.3, -0.25) is 4.68 Å². The second-order valence-electron chi connectivity index (χ2n) is 6.18. The predicted molar refractivity (Wildman–Crippen MR) is 86.0 cm³/mol. The van der Waals surface area contributed by atoms with Gasteiger partial charge in [0.05, 0.1) is 29.7 Å². The van der Waals surface area contributed by atoms with Crippen molar-refractivity contribution in [2.75, 3.05) is 24.3 Å². The minimum Gasteiger partial charge on any atom is -0.372 e. The maximum Gasteiger partial charge on any atom is 0.421 e.